The average Bonchev–Trinajstić information content (AvgIpc) is 2.36. The van der Waals surface area contributed by atoms with Crippen molar-refractivity contribution in [1.29, 1.82) is 0 Å². The van der Waals surface area contributed by atoms with Gasteiger partial charge in [0.15, 0.2) is 9.84 Å². The Hall–Kier alpha value is -1.43. The van der Waals surface area contributed by atoms with Crippen molar-refractivity contribution in [1.82, 2.24) is 4.98 Å². The van der Waals surface area contributed by atoms with Crippen molar-refractivity contribution < 1.29 is 17.9 Å². The summed E-state index contributed by atoms with van der Waals surface area (Å²) in [6.45, 7) is 1.55. The molecule has 1 unspecified atom stereocenters. The van der Waals surface area contributed by atoms with Gasteiger partial charge in [0.1, 0.15) is 0 Å². The average molecular weight is 271 g/mol. The van der Waals surface area contributed by atoms with E-state index in [-0.39, 0.29) is 11.5 Å². The molecule has 1 rings (SSSR count). The van der Waals surface area contributed by atoms with E-state index in [2.05, 4.69) is 9.72 Å². The molecular formula is C12H17NO4S. The van der Waals surface area contributed by atoms with E-state index >= 15 is 0 Å². The predicted octanol–water partition coefficient (Wildman–Crippen LogP) is 0.848. The van der Waals surface area contributed by atoms with Crippen LogP contribution in [0.25, 0.3) is 0 Å². The lowest BCUT2D eigenvalue weighted by atomic mass is 10.2. The Morgan fingerprint density at radius 2 is 2.00 bits per heavy atom. The highest BCUT2D eigenvalue weighted by atomic mass is 32.2. The summed E-state index contributed by atoms with van der Waals surface area (Å²) in [5.74, 6) is -1.27. The fourth-order valence-corrected chi connectivity index (χ4v) is 3.17. The molecule has 6 heteroatoms. The maximum Gasteiger partial charge on any atom is 0.309 e. The Kier molecular flexibility index (Phi) is 5.27. The quantitative estimate of drug-likeness (QED) is 0.717. The lowest BCUT2D eigenvalue weighted by Gasteiger charge is -2.09. The number of pyridine rings is 1. The third kappa shape index (κ3) is 4.83. The second-order valence-electron chi connectivity index (χ2n) is 4.14. The molecule has 0 radical (unpaired) electrons. The van der Waals surface area contributed by atoms with Crippen molar-refractivity contribution in [2.45, 2.75) is 13.3 Å². The molecule has 0 spiro atoms. The van der Waals surface area contributed by atoms with Gasteiger partial charge in [-0.05, 0) is 24.1 Å². The number of aromatic nitrogens is 1. The highest BCUT2D eigenvalue weighted by molar-refractivity contribution is 7.91. The number of esters is 1. The molecule has 100 valence electrons. The van der Waals surface area contributed by atoms with Crippen LogP contribution in [0.3, 0.4) is 0 Å². The summed E-state index contributed by atoms with van der Waals surface area (Å²) < 4.78 is 28.1. The van der Waals surface area contributed by atoms with E-state index in [1.165, 1.54) is 7.11 Å². The third-order valence-electron chi connectivity index (χ3n) is 2.56. The van der Waals surface area contributed by atoms with Gasteiger partial charge in [-0.15, -0.1) is 0 Å². The van der Waals surface area contributed by atoms with E-state index in [1.54, 1.807) is 31.5 Å². The highest BCUT2D eigenvalue weighted by Crippen LogP contribution is 2.07. The molecule has 0 aliphatic rings. The molecule has 0 saturated carbocycles. The standard InChI is InChI=1S/C12H17NO4S/c1-10(12(14)17-2)9-18(15,16)8-5-11-3-6-13-7-4-11/h3-4,6-7,10H,5,8-9H2,1-2H3. The first-order chi connectivity index (χ1) is 8.44. The molecule has 0 aromatic carbocycles. The topological polar surface area (TPSA) is 73.3 Å². The van der Waals surface area contributed by atoms with Crippen LogP contribution >= 0.6 is 0 Å². The van der Waals surface area contributed by atoms with E-state index in [4.69, 9.17) is 0 Å². The van der Waals surface area contributed by atoms with E-state index in [0.29, 0.717) is 6.42 Å². The number of rotatable bonds is 6. The Balaban J connectivity index is 2.53. The minimum Gasteiger partial charge on any atom is -0.469 e. The lowest BCUT2D eigenvalue weighted by molar-refractivity contribution is -0.144. The molecule has 0 bridgehead atoms. The lowest BCUT2D eigenvalue weighted by Crippen LogP contribution is -2.24. The van der Waals surface area contributed by atoms with Gasteiger partial charge < -0.3 is 4.74 Å². The van der Waals surface area contributed by atoms with Crippen LogP contribution in [0.1, 0.15) is 12.5 Å². The molecule has 1 aromatic heterocycles. The third-order valence-corrected chi connectivity index (χ3v) is 4.39. The number of nitrogens with zero attached hydrogens (tertiary/aromatic N) is 1. The smallest absolute Gasteiger partial charge is 0.309 e. The van der Waals surface area contributed by atoms with Crippen LogP contribution in [-0.2, 0) is 25.8 Å². The molecule has 1 aromatic rings. The molecule has 0 N–H and O–H groups in total. The summed E-state index contributed by atoms with van der Waals surface area (Å²) >= 11 is 0. The summed E-state index contributed by atoms with van der Waals surface area (Å²) in [7, 11) is -2.00. The van der Waals surface area contributed by atoms with Crippen molar-refractivity contribution in [3.63, 3.8) is 0 Å². The number of carbonyl (C=O) groups is 1. The zero-order chi connectivity index (χ0) is 13.6. The van der Waals surface area contributed by atoms with Crippen LogP contribution in [0.15, 0.2) is 24.5 Å². The first kappa shape index (κ1) is 14.6. The minimum absolute atomic E-state index is 0.0261. The van der Waals surface area contributed by atoms with Crippen LogP contribution in [0, 0.1) is 5.92 Å². The highest BCUT2D eigenvalue weighted by Gasteiger charge is 2.21. The first-order valence-corrected chi connectivity index (χ1v) is 7.44. The predicted molar refractivity (Wildman–Crippen MR) is 67.8 cm³/mol. The monoisotopic (exact) mass is 271 g/mol. The number of ether oxygens (including phenoxy) is 1. The van der Waals surface area contributed by atoms with E-state index < -0.39 is 21.7 Å². The molecule has 0 aliphatic carbocycles. The summed E-state index contributed by atoms with van der Waals surface area (Å²) in [5, 5.41) is 0. The summed E-state index contributed by atoms with van der Waals surface area (Å²) in [5.41, 5.74) is 0.916. The van der Waals surface area contributed by atoms with Gasteiger partial charge in [-0.2, -0.15) is 0 Å². The van der Waals surface area contributed by atoms with Gasteiger partial charge >= 0.3 is 5.97 Å². The molecule has 1 heterocycles. The molecule has 0 saturated heterocycles. The summed E-state index contributed by atoms with van der Waals surface area (Å²) in [6, 6.07) is 3.55. The Morgan fingerprint density at radius 3 is 2.56 bits per heavy atom. The summed E-state index contributed by atoms with van der Waals surface area (Å²) in [6.07, 6.45) is 3.68. The molecule has 0 amide bonds. The Labute approximate surface area is 107 Å². The van der Waals surface area contributed by atoms with Gasteiger partial charge in [-0.3, -0.25) is 9.78 Å². The zero-order valence-corrected chi connectivity index (χ0v) is 11.3. The van der Waals surface area contributed by atoms with Gasteiger partial charge in [0.2, 0.25) is 0 Å². The molecule has 1 atom stereocenters. The molecule has 0 aliphatic heterocycles. The van der Waals surface area contributed by atoms with Crippen LogP contribution in [-0.4, -0.2) is 38.0 Å². The first-order valence-electron chi connectivity index (χ1n) is 5.62. The van der Waals surface area contributed by atoms with E-state index in [0.717, 1.165) is 5.56 Å². The van der Waals surface area contributed by atoms with Crippen LogP contribution in [0.4, 0.5) is 0 Å². The largest absolute Gasteiger partial charge is 0.469 e. The molecule has 18 heavy (non-hydrogen) atoms. The second kappa shape index (κ2) is 6.49. The maximum absolute atomic E-state index is 11.8. The summed E-state index contributed by atoms with van der Waals surface area (Å²) in [4.78, 5) is 15.0. The zero-order valence-electron chi connectivity index (χ0n) is 10.5. The second-order valence-corrected chi connectivity index (χ2v) is 6.37. The normalized spacial score (nSPS) is 13.0. The Morgan fingerprint density at radius 1 is 1.39 bits per heavy atom. The number of carbonyl (C=O) groups excluding carboxylic acids is 1. The minimum atomic E-state index is -3.26. The molecule has 5 nitrogen and oxygen atoms in total. The van der Waals surface area contributed by atoms with Crippen LogP contribution < -0.4 is 0 Å². The number of hydrogen-bond acceptors (Lipinski definition) is 5. The number of aryl methyl sites for hydroxylation is 1. The van der Waals surface area contributed by atoms with Crippen molar-refractivity contribution in [3.8, 4) is 0 Å². The van der Waals surface area contributed by atoms with Crippen molar-refractivity contribution in [2.75, 3.05) is 18.6 Å². The number of hydrogen-bond donors (Lipinski definition) is 0. The molecule has 0 fully saturated rings. The van der Waals surface area contributed by atoms with Gasteiger partial charge in [0, 0.05) is 12.4 Å². The number of sulfone groups is 1. The Bertz CT molecular complexity index is 484. The van der Waals surface area contributed by atoms with Crippen LogP contribution in [0.2, 0.25) is 0 Å². The van der Waals surface area contributed by atoms with E-state index in [9.17, 15) is 13.2 Å². The van der Waals surface area contributed by atoms with Gasteiger partial charge in [0.25, 0.3) is 0 Å². The fraction of sp³-hybridized carbons (Fsp3) is 0.500. The van der Waals surface area contributed by atoms with Crippen molar-refractivity contribution in [2.24, 2.45) is 5.92 Å². The maximum atomic E-state index is 11.8. The fourth-order valence-electron chi connectivity index (χ4n) is 1.56. The van der Waals surface area contributed by atoms with E-state index in [1.807, 2.05) is 0 Å². The van der Waals surface area contributed by atoms with Gasteiger partial charge in [-0.25, -0.2) is 8.42 Å². The van der Waals surface area contributed by atoms with Crippen molar-refractivity contribution in [3.05, 3.63) is 30.1 Å². The van der Waals surface area contributed by atoms with Crippen molar-refractivity contribution >= 4 is 15.8 Å². The number of methoxy groups -OCH3 is 1. The van der Waals surface area contributed by atoms with Gasteiger partial charge in [-0.1, -0.05) is 6.92 Å². The van der Waals surface area contributed by atoms with Gasteiger partial charge in [0.05, 0.1) is 24.5 Å². The van der Waals surface area contributed by atoms with Crippen LogP contribution in [0.5, 0.6) is 0 Å². The molecular weight excluding hydrogens is 254 g/mol. The SMILES string of the molecule is COC(=O)C(C)CS(=O)(=O)CCc1ccncc1.